The van der Waals surface area contributed by atoms with Crippen LogP contribution in [0.1, 0.15) is 23.1 Å². The van der Waals surface area contributed by atoms with Crippen LogP contribution >= 0.6 is 15.9 Å². The van der Waals surface area contributed by atoms with E-state index in [1.807, 2.05) is 38.1 Å². The second kappa shape index (κ2) is 8.64. The van der Waals surface area contributed by atoms with Gasteiger partial charge in [0.1, 0.15) is 0 Å². The third-order valence-corrected chi connectivity index (χ3v) is 4.41. The highest BCUT2D eigenvalue weighted by atomic mass is 79.9. The summed E-state index contributed by atoms with van der Waals surface area (Å²) < 4.78 is 0.805. The Hall–Kier alpha value is -2.14. The summed E-state index contributed by atoms with van der Waals surface area (Å²) in [4.78, 5) is 23.8. The molecule has 0 heterocycles. The Labute approximate surface area is 150 Å². The Morgan fingerprint density at radius 3 is 2.50 bits per heavy atom. The number of para-hydroxylation sites is 1. The van der Waals surface area contributed by atoms with Crippen molar-refractivity contribution in [3.05, 3.63) is 63.6 Å². The van der Waals surface area contributed by atoms with E-state index in [1.165, 1.54) is 11.1 Å². The van der Waals surface area contributed by atoms with Crippen LogP contribution in [0, 0.1) is 13.8 Å². The van der Waals surface area contributed by atoms with Gasteiger partial charge in [0.15, 0.2) is 0 Å². The van der Waals surface area contributed by atoms with E-state index >= 15 is 0 Å². The molecular weight excluding hydrogens is 368 g/mol. The highest BCUT2D eigenvalue weighted by molar-refractivity contribution is 9.10. The van der Waals surface area contributed by atoms with Crippen molar-refractivity contribution in [2.75, 3.05) is 11.9 Å². The van der Waals surface area contributed by atoms with Crippen molar-refractivity contribution in [2.45, 2.75) is 26.7 Å². The number of halogens is 1. The van der Waals surface area contributed by atoms with Crippen LogP contribution in [0.2, 0.25) is 0 Å². The number of anilines is 1. The van der Waals surface area contributed by atoms with Gasteiger partial charge in [0, 0.05) is 10.9 Å². The maximum absolute atomic E-state index is 11.9. The Bertz CT molecular complexity index is 744. The molecule has 2 N–H and O–H groups in total. The van der Waals surface area contributed by atoms with Gasteiger partial charge in [-0.1, -0.05) is 35.9 Å². The van der Waals surface area contributed by atoms with E-state index in [0.29, 0.717) is 18.5 Å². The normalized spacial score (nSPS) is 10.3. The number of carbonyl (C=O) groups excluding carboxylic acids is 2. The molecule has 2 rings (SSSR count). The van der Waals surface area contributed by atoms with Gasteiger partial charge in [0.25, 0.3) is 0 Å². The summed E-state index contributed by atoms with van der Waals surface area (Å²) in [5.74, 6) is -0.376. The fourth-order valence-corrected chi connectivity index (χ4v) is 2.78. The molecule has 0 atom stereocenters. The zero-order chi connectivity index (χ0) is 17.5. The van der Waals surface area contributed by atoms with Crippen LogP contribution in [0.15, 0.2) is 46.9 Å². The number of hydrogen-bond acceptors (Lipinski definition) is 2. The molecule has 0 aliphatic rings. The molecule has 4 nitrogen and oxygen atoms in total. The SMILES string of the molecule is Cc1ccc(CCC(=O)NCC(=O)Nc2ccccc2Br)c(C)c1. The number of aryl methyl sites for hydroxylation is 3. The van der Waals surface area contributed by atoms with Crippen molar-refractivity contribution in [1.29, 1.82) is 0 Å². The highest BCUT2D eigenvalue weighted by Crippen LogP contribution is 2.20. The van der Waals surface area contributed by atoms with E-state index in [9.17, 15) is 9.59 Å². The van der Waals surface area contributed by atoms with Crippen molar-refractivity contribution in [3.8, 4) is 0 Å². The zero-order valence-electron chi connectivity index (χ0n) is 13.9. The van der Waals surface area contributed by atoms with Gasteiger partial charge in [-0.15, -0.1) is 0 Å². The number of nitrogens with one attached hydrogen (secondary N) is 2. The predicted octanol–water partition coefficient (Wildman–Crippen LogP) is 3.75. The lowest BCUT2D eigenvalue weighted by atomic mass is 10.0. The average molecular weight is 389 g/mol. The average Bonchev–Trinajstić information content (AvgIpc) is 2.54. The van der Waals surface area contributed by atoms with E-state index in [0.717, 1.165) is 10.0 Å². The lowest BCUT2D eigenvalue weighted by Crippen LogP contribution is -2.33. The predicted molar refractivity (Wildman–Crippen MR) is 100 cm³/mol. The summed E-state index contributed by atoms with van der Waals surface area (Å²) in [6.45, 7) is 4.06. The Kier molecular flexibility index (Phi) is 6.55. The van der Waals surface area contributed by atoms with Crippen LogP contribution < -0.4 is 10.6 Å². The molecular formula is C19H21BrN2O2. The number of rotatable bonds is 6. The topological polar surface area (TPSA) is 58.2 Å². The first-order valence-corrected chi connectivity index (χ1v) is 8.62. The maximum atomic E-state index is 11.9. The fourth-order valence-electron chi connectivity index (χ4n) is 2.40. The molecule has 0 saturated heterocycles. The van der Waals surface area contributed by atoms with Crippen LogP contribution in [-0.4, -0.2) is 18.4 Å². The molecule has 5 heteroatoms. The van der Waals surface area contributed by atoms with Crippen LogP contribution in [0.3, 0.4) is 0 Å². The molecule has 0 bridgehead atoms. The van der Waals surface area contributed by atoms with Gasteiger partial charge < -0.3 is 10.6 Å². The Morgan fingerprint density at radius 1 is 1.04 bits per heavy atom. The summed E-state index contributed by atoms with van der Waals surface area (Å²) in [6.07, 6.45) is 1.04. The van der Waals surface area contributed by atoms with Crippen LogP contribution in [0.5, 0.6) is 0 Å². The largest absolute Gasteiger partial charge is 0.347 e. The minimum atomic E-state index is -0.248. The van der Waals surface area contributed by atoms with E-state index < -0.39 is 0 Å². The molecule has 0 aliphatic carbocycles. The Balaban J connectivity index is 1.76. The van der Waals surface area contributed by atoms with Crippen molar-refractivity contribution >= 4 is 33.4 Å². The summed E-state index contributed by atoms with van der Waals surface area (Å²) in [5, 5.41) is 5.41. The van der Waals surface area contributed by atoms with Gasteiger partial charge in [-0.3, -0.25) is 9.59 Å². The maximum Gasteiger partial charge on any atom is 0.243 e. The molecule has 0 radical (unpaired) electrons. The van der Waals surface area contributed by atoms with Crippen LogP contribution in [-0.2, 0) is 16.0 Å². The molecule has 2 amide bonds. The summed E-state index contributed by atoms with van der Waals surface area (Å²) in [6, 6.07) is 13.6. The van der Waals surface area contributed by atoms with Gasteiger partial charge in [-0.05, 0) is 59.5 Å². The van der Waals surface area contributed by atoms with E-state index in [4.69, 9.17) is 0 Å². The minimum absolute atomic E-state index is 0.0347. The number of amides is 2. The van der Waals surface area contributed by atoms with Gasteiger partial charge >= 0.3 is 0 Å². The molecule has 0 saturated carbocycles. The fraction of sp³-hybridized carbons (Fsp3) is 0.263. The van der Waals surface area contributed by atoms with E-state index in [2.05, 4.69) is 38.7 Å². The van der Waals surface area contributed by atoms with E-state index in [-0.39, 0.29) is 18.4 Å². The number of hydrogen-bond donors (Lipinski definition) is 2. The first-order valence-electron chi connectivity index (χ1n) is 7.83. The minimum Gasteiger partial charge on any atom is -0.347 e. The van der Waals surface area contributed by atoms with Crippen molar-refractivity contribution in [2.24, 2.45) is 0 Å². The van der Waals surface area contributed by atoms with Crippen molar-refractivity contribution in [3.63, 3.8) is 0 Å². The van der Waals surface area contributed by atoms with Gasteiger partial charge in [0.05, 0.1) is 12.2 Å². The monoisotopic (exact) mass is 388 g/mol. The molecule has 126 valence electrons. The summed E-state index contributed by atoms with van der Waals surface area (Å²) in [7, 11) is 0. The second-order valence-electron chi connectivity index (χ2n) is 5.73. The van der Waals surface area contributed by atoms with Crippen LogP contribution in [0.25, 0.3) is 0 Å². The molecule has 24 heavy (non-hydrogen) atoms. The lowest BCUT2D eigenvalue weighted by molar-refractivity contribution is -0.124. The van der Waals surface area contributed by atoms with Gasteiger partial charge in [0.2, 0.25) is 11.8 Å². The van der Waals surface area contributed by atoms with Crippen molar-refractivity contribution in [1.82, 2.24) is 5.32 Å². The summed E-state index contributed by atoms with van der Waals surface area (Å²) >= 11 is 3.37. The standard InChI is InChI=1S/C19H21BrN2O2/c1-13-7-8-15(14(2)11-13)9-10-18(23)21-12-19(24)22-17-6-4-3-5-16(17)20/h3-8,11H,9-10,12H2,1-2H3,(H,21,23)(H,22,24). The molecule has 0 spiro atoms. The first kappa shape index (κ1) is 18.2. The number of carbonyl (C=O) groups is 2. The lowest BCUT2D eigenvalue weighted by Gasteiger charge is -2.09. The number of benzene rings is 2. The smallest absolute Gasteiger partial charge is 0.243 e. The second-order valence-corrected chi connectivity index (χ2v) is 6.59. The molecule has 0 fully saturated rings. The van der Waals surface area contributed by atoms with Crippen LogP contribution in [0.4, 0.5) is 5.69 Å². The third kappa shape index (κ3) is 5.49. The molecule has 0 unspecified atom stereocenters. The zero-order valence-corrected chi connectivity index (χ0v) is 15.4. The van der Waals surface area contributed by atoms with Gasteiger partial charge in [-0.25, -0.2) is 0 Å². The summed E-state index contributed by atoms with van der Waals surface area (Å²) in [5.41, 5.74) is 4.25. The van der Waals surface area contributed by atoms with Crippen molar-refractivity contribution < 1.29 is 9.59 Å². The first-order chi connectivity index (χ1) is 11.5. The Morgan fingerprint density at radius 2 is 1.79 bits per heavy atom. The highest BCUT2D eigenvalue weighted by Gasteiger charge is 2.08. The third-order valence-electron chi connectivity index (χ3n) is 3.71. The molecule has 0 aliphatic heterocycles. The molecule has 2 aromatic carbocycles. The molecule has 0 aromatic heterocycles. The molecule has 2 aromatic rings. The quantitative estimate of drug-likeness (QED) is 0.791. The van der Waals surface area contributed by atoms with E-state index in [1.54, 1.807) is 6.07 Å². The van der Waals surface area contributed by atoms with Gasteiger partial charge in [-0.2, -0.15) is 0 Å².